The molecule has 0 bridgehead atoms. The standard InChI is InChI=1S/C17H22FN2O2/c18-10-8-14-9-11-20(15(12-14)17(19)22)16(21)7-6-13-4-2-1-3-5-13/h1-5,7,14-15H,6,8-12H2,(H2,19,22). The normalized spacial score (nSPS) is 21.6. The van der Waals surface area contributed by atoms with Gasteiger partial charge in [-0.1, -0.05) is 30.3 Å². The summed E-state index contributed by atoms with van der Waals surface area (Å²) in [7, 11) is 0. The highest BCUT2D eigenvalue weighted by Crippen LogP contribution is 2.26. The topological polar surface area (TPSA) is 63.4 Å². The van der Waals surface area contributed by atoms with Crippen LogP contribution < -0.4 is 5.73 Å². The Kier molecular flexibility index (Phi) is 5.92. The summed E-state index contributed by atoms with van der Waals surface area (Å²) in [6.45, 7) is 0.0621. The number of benzene rings is 1. The summed E-state index contributed by atoms with van der Waals surface area (Å²) in [5, 5.41) is 0. The Morgan fingerprint density at radius 3 is 2.68 bits per heavy atom. The molecule has 1 aromatic rings. The van der Waals surface area contributed by atoms with Crippen molar-refractivity contribution < 1.29 is 14.0 Å². The van der Waals surface area contributed by atoms with Crippen molar-refractivity contribution in [1.29, 1.82) is 0 Å². The van der Waals surface area contributed by atoms with E-state index < -0.39 is 18.6 Å². The lowest BCUT2D eigenvalue weighted by atomic mass is 9.88. The lowest BCUT2D eigenvalue weighted by Gasteiger charge is -2.37. The van der Waals surface area contributed by atoms with E-state index in [1.54, 1.807) is 6.42 Å². The van der Waals surface area contributed by atoms with Gasteiger partial charge in [-0.15, -0.1) is 0 Å². The van der Waals surface area contributed by atoms with Crippen LogP contribution >= 0.6 is 0 Å². The van der Waals surface area contributed by atoms with Gasteiger partial charge in [0.1, 0.15) is 6.04 Å². The first-order chi connectivity index (χ1) is 10.6. The van der Waals surface area contributed by atoms with Gasteiger partial charge in [0.2, 0.25) is 11.8 Å². The van der Waals surface area contributed by atoms with E-state index in [2.05, 4.69) is 0 Å². The zero-order chi connectivity index (χ0) is 15.9. The Labute approximate surface area is 130 Å². The molecule has 119 valence electrons. The number of hydrogen-bond acceptors (Lipinski definition) is 2. The first-order valence-corrected chi connectivity index (χ1v) is 7.65. The maximum Gasteiger partial charge on any atom is 0.240 e. The van der Waals surface area contributed by atoms with Crippen LogP contribution in [0.25, 0.3) is 0 Å². The molecule has 1 aliphatic heterocycles. The third kappa shape index (κ3) is 4.29. The van der Waals surface area contributed by atoms with Crippen LogP contribution in [0.15, 0.2) is 30.3 Å². The van der Waals surface area contributed by atoms with Gasteiger partial charge in [0, 0.05) is 6.54 Å². The molecular weight excluding hydrogens is 283 g/mol. The van der Waals surface area contributed by atoms with Gasteiger partial charge in [0.25, 0.3) is 0 Å². The molecule has 2 N–H and O–H groups in total. The van der Waals surface area contributed by atoms with E-state index in [4.69, 9.17) is 5.73 Å². The average Bonchev–Trinajstić information content (AvgIpc) is 2.54. The van der Waals surface area contributed by atoms with E-state index in [-0.39, 0.29) is 11.8 Å². The molecule has 0 aromatic heterocycles. The van der Waals surface area contributed by atoms with E-state index >= 15 is 0 Å². The van der Waals surface area contributed by atoms with Crippen molar-refractivity contribution in [3.63, 3.8) is 0 Å². The van der Waals surface area contributed by atoms with Gasteiger partial charge in [-0.05, 0) is 37.2 Å². The molecule has 1 radical (unpaired) electrons. The number of likely N-dealkylation sites (tertiary alicyclic amines) is 1. The van der Waals surface area contributed by atoms with Crippen LogP contribution in [0.3, 0.4) is 0 Å². The van der Waals surface area contributed by atoms with Crippen LogP contribution in [0.2, 0.25) is 0 Å². The van der Waals surface area contributed by atoms with Gasteiger partial charge >= 0.3 is 0 Å². The highest BCUT2D eigenvalue weighted by Gasteiger charge is 2.34. The third-order valence-corrected chi connectivity index (χ3v) is 4.20. The van der Waals surface area contributed by atoms with E-state index in [0.717, 1.165) is 12.0 Å². The zero-order valence-corrected chi connectivity index (χ0v) is 12.6. The fourth-order valence-corrected chi connectivity index (χ4v) is 2.92. The van der Waals surface area contributed by atoms with Crippen molar-refractivity contribution >= 4 is 11.8 Å². The van der Waals surface area contributed by atoms with Crippen LogP contribution in [0, 0.1) is 12.3 Å². The maximum atomic E-state index is 12.5. The number of nitrogens with two attached hydrogens (primary N) is 1. The van der Waals surface area contributed by atoms with E-state index in [1.165, 1.54) is 4.90 Å². The molecule has 1 saturated heterocycles. The summed E-state index contributed by atoms with van der Waals surface area (Å²) in [6, 6.07) is 9.03. The van der Waals surface area contributed by atoms with Crippen LogP contribution in [-0.4, -0.2) is 36.0 Å². The van der Waals surface area contributed by atoms with Crippen LogP contribution in [0.5, 0.6) is 0 Å². The molecule has 1 fully saturated rings. The molecule has 2 amide bonds. The summed E-state index contributed by atoms with van der Waals surface area (Å²) >= 11 is 0. The highest BCUT2D eigenvalue weighted by atomic mass is 19.1. The molecule has 1 heterocycles. The average molecular weight is 305 g/mol. The Bertz CT molecular complexity index is 507. The Balaban J connectivity index is 1.94. The number of amides is 2. The number of halogens is 1. The number of hydrogen-bond donors (Lipinski definition) is 1. The molecule has 1 aromatic carbocycles. The molecule has 22 heavy (non-hydrogen) atoms. The van der Waals surface area contributed by atoms with Crippen molar-refractivity contribution in [2.75, 3.05) is 13.2 Å². The predicted octanol–water partition coefficient (Wildman–Crippen LogP) is 1.89. The summed E-state index contributed by atoms with van der Waals surface area (Å²) in [6.07, 6.45) is 3.72. The molecule has 0 saturated carbocycles. The second-order valence-corrected chi connectivity index (χ2v) is 5.71. The molecule has 2 unspecified atom stereocenters. The number of nitrogens with zero attached hydrogens (tertiary/aromatic N) is 1. The minimum Gasteiger partial charge on any atom is -0.368 e. The largest absolute Gasteiger partial charge is 0.368 e. The monoisotopic (exact) mass is 305 g/mol. The minimum atomic E-state index is -0.621. The fourth-order valence-electron chi connectivity index (χ4n) is 2.92. The highest BCUT2D eigenvalue weighted by molar-refractivity contribution is 5.91. The maximum absolute atomic E-state index is 12.5. The molecule has 1 aliphatic rings. The fraction of sp³-hybridized carbons (Fsp3) is 0.471. The first-order valence-electron chi connectivity index (χ1n) is 7.65. The second kappa shape index (κ2) is 7.92. The summed E-state index contributed by atoms with van der Waals surface area (Å²) in [5.74, 6) is -0.558. The van der Waals surface area contributed by atoms with Crippen molar-refractivity contribution in [2.24, 2.45) is 11.7 Å². The number of primary amides is 1. The van der Waals surface area contributed by atoms with E-state index in [1.807, 2.05) is 30.3 Å². The molecule has 0 spiro atoms. The van der Waals surface area contributed by atoms with Crippen molar-refractivity contribution in [1.82, 2.24) is 4.90 Å². The van der Waals surface area contributed by atoms with Crippen LogP contribution in [-0.2, 0) is 16.0 Å². The Morgan fingerprint density at radius 1 is 1.32 bits per heavy atom. The first kappa shape index (κ1) is 16.5. The van der Waals surface area contributed by atoms with Gasteiger partial charge in [-0.3, -0.25) is 14.0 Å². The lowest BCUT2D eigenvalue weighted by Crippen LogP contribution is -2.52. The van der Waals surface area contributed by atoms with Crippen LogP contribution in [0.1, 0.15) is 24.8 Å². The number of carbonyl (C=O) groups excluding carboxylic acids is 2. The van der Waals surface area contributed by atoms with E-state index in [9.17, 15) is 14.0 Å². The van der Waals surface area contributed by atoms with Crippen molar-refractivity contribution in [3.05, 3.63) is 42.3 Å². The lowest BCUT2D eigenvalue weighted by molar-refractivity contribution is -0.139. The molecule has 5 heteroatoms. The minimum absolute atomic E-state index is 0.126. The second-order valence-electron chi connectivity index (χ2n) is 5.71. The van der Waals surface area contributed by atoms with Crippen molar-refractivity contribution in [2.45, 2.75) is 31.7 Å². The number of rotatable bonds is 6. The Morgan fingerprint density at radius 2 is 2.05 bits per heavy atom. The number of carbonyl (C=O) groups is 2. The van der Waals surface area contributed by atoms with Gasteiger partial charge in [0.05, 0.1) is 13.1 Å². The quantitative estimate of drug-likeness (QED) is 0.872. The molecule has 0 aliphatic carbocycles. The number of alkyl halides is 1. The molecular formula is C17H22FN2O2. The SMILES string of the molecule is NC(=O)C1CC(CCF)CCN1C(=O)[CH]Cc1ccccc1. The molecule has 2 rings (SSSR count). The van der Waals surface area contributed by atoms with Gasteiger partial charge < -0.3 is 10.6 Å². The molecule has 4 nitrogen and oxygen atoms in total. The smallest absolute Gasteiger partial charge is 0.240 e. The third-order valence-electron chi connectivity index (χ3n) is 4.20. The summed E-state index contributed by atoms with van der Waals surface area (Å²) in [5.41, 5.74) is 6.46. The van der Waals surface area contributed by atoms with Crippen molar-refractivity contribution in [3.8, 4) is 0 Å². The van der Waals surface area contributed by atoms with Crippen LogP contribution in [0.4, 0.5) is 4.39 Å². The van der Waals surface area contributed by atoms with E-state index in [0.29, 0.717) is 25.8 Å². The van der Waals surface area contributed by atoms with Gasteiger partial charge in [-0.25, -0.2) is 0 Å². The number of piperidine rings is 1. The summed E-state index contributed by atoms with van der Waals surface area (Å²) < 4.78 is 12.5. The molecule has 2 atom stereocenters. The van der Waals surface area contributed by atoms with Gasteiger partial charge in [0.15, 0.2) is 0 Å². The predicted molar refractivity (Wildman–Crippen MR) is 82.5 cm³/mol. The zero-order valence-electron chi connectivity index (χ0n) is 12.6. The van der Waals surface area contributed by atoms with Gasteiger partial charge in [-0.2, -0.15) is 0 Å². The Hall–Kier alpha value is -1.91. The summed E-state index contributed by atoms with van der Waals surface area (Å²) in [4.78, 5) is 25.5.